The molecule has 120 valence electrons. The van der Waals surface area contributed by atoms with Gasteiger partial charge in [-0.2, -0.15) is 13.2 Å². The molecule has 1 atom stereocenters. The summed E-state index contributed by atoms with van der Waals surface area (Å²) in [6.07, 6.45) is -2.99. The number of ether oxygens (including phenoxy) is 1. The van der Waals surface area contributed by atoms with Gasteiger partial charge in [0.1, 0.15) is 6.04 Å². The van der Waals surface area contributed by atoms with Crippen molar-refractivity contribution in [1.82, 2.24) is 4.57 Å². The molecule has 1 aromatic carbocycles. The van der Waals surface area contributed by atoms with Crippen LogP contribution in [0.2, 0.25) is 0 Å². The van der Waals surface area contributed by atoms with Gasteiger partial charge in [0.05, 0.1) is 17.7 Å². The molecule has 1 unspecified atom stereocenters. The monoisotopic (exact) mass is 314 g/mol. The highest BCUT2D eigenvalue weighted by Crippen LogP contribution is 2.37. The minimum Gasteiger partial charge on any atom is -0.465 e. The number of nitrogens with two attached hydrogens (primary N) is 1. The number of esters is 1. The van der Waals surface area contributed by atoms with Crippen LogP contribution in [0, 0.1) is 0 Å². The second-order valence-electron chi connectivity index (χ2n) is 4.80. The second kappa shape index (κ2) is 6.00. The predicted molar refractivity (Wildman–Crippen MR) is 76.2 cm³/mol. The van der Waals surface area contributed by atoms with Crippen molar-refractivity contribution >= 4 is 16.9 Å². The van der Waals surface area contributed by atoms with Crippen molar-refractivity contribution in [2.24, 2.45) is 5.73 Å². The largest absolute Gasteiger partial charge is 0.465 e. The smallest absolute Gasteiger partial charge is 0.418 e. The molecule has 0 saturated carbocycles. The van der Waals surface area contributed by atoms with Gasteiger partial charge in [-0.15, -0.1) is 0 Å². The first-order valence-electron chi connectivity index (χ1n) is 6.92. The molecule has 0 aliphatic carbocycles. The number of aryl methyl sites for hydroxylation is 1. The van der Waals surface area contributed by atoms with Crippen molar-refractivity contribution < 1.29 is 22.7 Å². The summed E-state index contributed by atoms with van der Waals surface area (Å²) in [6, 6.07) is 2.75. The Morgan fingerprint density at radius 3 is 2.59 bits per heavy atom. The average Bonchev–Trinajstić information content (AvgIpc) is 2.84. The normalized spacial score (nSPS) is 13.4. The predicted octanol–water partition coefficient (Wildman–Crippen LogP) is 3.24. The van der Waals surface area contributed by atoms with Crippen molar-refractivity contribution in [3.05, 3.63) is 35.5 Å². The summed E-state index contributed by atoms with van der Waals surface area (Å²) in [7, 11) is 0. The summed E-state index contributed by atoms with van der Waals surface area (Å²) in [5.41, 5.74) is 5.48. The molecule has 2 aromatic rings. The molecule has 0 spiro atoms. The molecule has 22 heavy (non-hydrogen) atoms. The van der Waals surface area contributed by atoms with E-state index in [4.69, 9.17) is 10.5 Å². The lowest BCUT2D eigenvalue weighted by Crippen LogP contribution is -2.23. The molecule has 0 amide bonds. The maximum atomic E-state index is 13.2. The van der Waals surface area contributed by atoms with Gasteiger partial charge in [-0.05, 0) is 19.9 Å². The second-order valence-corrected chi connectivity index (χ2v) is 4.80. The summed E-state index contributed by atoms with van der Waals surface area (Å²) in [4.78, 5) is 11.8. The molecule has 1 aromatic heterocycles. The van der Waals surface area contributed by atoms with Crippen molar-refractivity contribution in [3.8, 4) is 0 Å². The first-order chi connectivity index (χ1) is 10.3. The fourth-order valence-electron chi connectivity index (χ4n) is 2.47. The first-order valence-corrected chi connectivity index (χ1v) is 6.92. The first kappa shape index (κ1) is 16.4. The fraction of sp³-hybridized carbons (Fsp3) is 0.400. The van der Waals surface area contributed by atoms with Gasteiger partial charge in [0, 0.05) is 23.7 Å². The molecule has 0 aliphatic heterocycles. The maximum absolute atomic E-state index is 13.2. The van der Waals surface area contributed by atoms with Crippen LogP contribution in [0.25, 0.3) is 10.9 Å². The minimum absolute atomic E-state index is 0.0345. The van der Waals surface area contributed by atoms with E-state index in [9.17, 15) is 18.0 Å². The summed E-state index contributed by atoms with van der Waals surface area (Å²) >= 11 is 0. The summed E-state index contributed by atoms with van der Waals surface area (Å²) in [5.74, 6) is -0.657. The molecule has 1 heterocycles. The van der Waals surface area contributed by atoms with Gasteiger partial charge >= 0.3 is 12.1 Å². The zero-order valence-electron chi connectivity index (χ0n) is 12.3. The molecule has 0 saturated heterocycles. The van der Waals surface area contributed by atoms with E-state index in [1.807, 2.05) is 0 Å². The number of benzene rings is 1. The van der Waals surface area contributed by atoms with Crippen LogP contribution in [-0.4, -0.2) is 17.1 Å². The number of alkyl halides is 3. The van der Waals surface area contributed by atoms with E-state index in [0.717, 1.165) is 6.07 Å². The lowest BCUT2D eigenvalue weighted by Gasteiger charge is -2.11. The van der Waals surface area contributed by atoms with Gasteiger partial charge in [0.25, 0.3) is 0 Å². The molecule has 0 bridgehead atoms. The fourth-order valence-corrected chi connectivity index (χ4v) is 2.47. The van der Waals surface area contributed by atoms with E-state index >= 15 is 0 Å². The van der Waals surface area contributed by atoms with E-state index in [1.54, 1.807) is 13.8 Å². The summed E-state index contributed by atoms with van der Waals surface area (Å²) in [6.45, 7) is 3.86. The maximum Gasteiger partial charge on any atom is 0.418 e. The number of aromatic nitrogens is 1. The number of hydrogen-bond acceptors (Lipinski definition) is 3. The quantitative estimate of drug-likeness (QED) is 0.881. The SMILES string of the molecule is CCOC(=O)C(N)c1cn(CC)c2c(C(F)(F)F)cccc12. The van der Waals surface area contributed by atoms with E-state index in [0.29, 0.717) is 17.5 Å². The Bertz CT molecular complexity index is 692. The Labute approximate surface area is 125 Å². The van der Waals surface area contributed by atoms with Crippen molar-refractivity contribution in [1.29, 1.82) is 0 Å². The summed E-state index contributed by atoms with van der Waals surface area (Å²) < 4.78 is 45.9. The molecule has 0 fully saturated rings. The zero-order valence-corrected chi connectivity index (χ0v) is 12.3. The van der Waals surface area contributed by atoms with Gasteiger partial charge in [-0.25, -0.2) is 4.79 Å². The summed E-state index contributed by atoms with van der Waals surface area (Å²) in [5, 5.41) is 0.317. The van der Waals surface area contributed by atoms with Crippen LogP contribution in [0.1, 0.15) is 31.0 Å². The van der Waals surface area contributed by atoms with Gasteiger partial charge in [-0.1, -0.05) is 12.1 Å². The van der Waals surface area contributed by atoms with Gasteiger partial charge in [0.15, 0.2) is 0 Å². The molecular weight excluding hydrogens is 297 g/mol. The van der Waals surface area contributed by atoms with Crippen LogP contribution in [0.4, 0.5) is 13.2 Å². The number of carbonyl (C=O) groups excluding carboxylic acids is 1. The van der Waals surface area contributed by atoms with Gasteiger partial charge in [-0.3, -0.25) is 0 Å². The molecule has 0 aliphatic rings. The van der Waals surface area contributed by atoms with E-state index in [-0.39, 0.29) is 12.1 Å². The highest BCUT2D eigenvalue weighted by molar-refractivity contribution is 5.92. The van der Waals surface area contributed by atoms with Crippen LogP contribution in [0.3, 0.4) is 0 Å². The Hall–Kier alpha value is -2.02. The number of nitrogens with zero attached hydrogens (tertiary/aromatic N) is 1. The molecule has 0 radical (unpaired) electrons. The van der Waals surface area contributed by atoms with Crippen LogP contribution in [0.5, 0.6) is 0 Å². The highest BCUT2D eigenvalue weighted by atomic mass is 19.4. The average molecular weight is 314 g/mol. The molecule has 2 N–H and O–H groups in total. The van der Waals surface area contributed by atoms with Crippen LogP contribution >= 0.6 is 0 Å². The van der Waals surface area contributed by atoms with Crippen LogP contribution in [-0.2, 0) is 22.3 Å². The number of fused-ring (bicyclic) bond motifs is 1. The third-order valence-corrected chi connectivity index (χ3v) is 3.45. The molecular formula is C15H17F3N2O2. The van der Waals surface area contributed by atoms with Gasteiger partial charge < -0.3 is 15.0 Å². The van der Waals surface area contributed by atoms with Crippen molar-refractivity contribution in [2.75, 3.05) is 6.61 Å². The van der Waals surface area contributed by atoms with Crippen molar-refractivity contribution in [2.45, 2.75) is 32.6 Å². The highest BCUT2D eigenvalue weighted by Gasteiger charge is 2.35. The Kier molecular flexibility index (Phi) is 4.46. The Balaban J connectivity index is 2.66. The van der Waals surface area contributed by atoms with E-state index < -0.39 is 23.8 Å². The standard InChI is InChI=1S/C15H17F3N2O2/c1-3-20-8-10(12(19)14(21)22-4-2)9-6-5-7-11(13(9)20)15(16,17)18/h5-8,12H,3-4,19H2,1-2H3. The van der Waals surface area contributed by atoms with Crippen LogP contribution in [0.15, 0.2) is 24.4 Å². The van der Waals surface area contributed by atoms with Gasteiger partial charge in [0.2, 0.25) is 0 Å². The number of halogens is 3. The van der Waals surface area contributed by atoms with Crippen LogP contribution < -0.4 is 5.73 Å². The van der Waals surface area contributed by atoms with E-state index in [1.165, 1.54) is 22.9 Å². The molecule has 2 rings (SSSR count). The number of hydrogen-bond donors (Lipinski definition) is 1. The molecule has 7 heteroatoms. The number of para-hydroxylation sites is 1. The lowest BCUT2D eigenvalue weighted by molar-refractivity contribution is -0.144. The number of carbonyl (C=O) groups is 1. The van der Waals surface area contributed by atoms with Crippen molar-refractivity contribution in [3.63, 3.8) is 0 Å². The third-order valence-electron chi connectivity index (χ3n) is 3.45. The third kappa shape index (κ3) is 2.81. The topological polar surface area (TPSA) is 57.2 Å². The van der Waals surface area contributed by atoms with E-state index in [2.05, 4.69) is 0 Å². The minimum atomic E-state index is -4.48. The number of rotatable bonds is 4. The lowest BCUT2D eigenvalue weighted by atomic mass is 10.0. The Morgan fingerprint density at radius 1 is 1.36 bits per heavy atom. The zero-order chi connectivity index (χ0) is 16.5. The Morgan fingerprint density at radius 2 is 2.05 bits per heavy atom. The molecule has 4 nitrogen and oxygen atoms in total.